The largest absolute Gasteiger partial charge is 0.489 e. The summed E-state index contributed by atoms with van der Waals surface area (Å²) in [6.07, 6.45) is 1.14. The van der Waals surface area contributed by atoms with Crippen LogP contribution in [0.15, 0.2) is 36.4 Å². The van der Waals surface area contributed by atoms with Gasteiger partial charge in [-0.05, 0) is 37.5 Å². The number of hydrogen-bond acceptors (Lipinski definition) is 3. The minimum atomic E-state index is -0.456. The molecule has 5 heteroatoms. The molecule has 0 spiro atoms. The van der Waals surface area contributed by atoms with Crippen LogP contribution in [0.2, 0.25) is 0 Å². The lowest BCUT2D eigenvalue weighted by Gasteiger charge is -2.10. The Hall–Kier alpha value is -2.95. The average molecular weight is 350 g/mol. The Morgan fingerprint density at radius 3 is 2.96 bits per heavy atom. The number of nitrogens with one attached hydrogen (secondary N) is 2. The fourth-order valence-corrected chi connectivity index (χ4v) is 3.56. The van der Waals surface area contributed by atoms with Crippen LogP contribution in [-0.2, 0) is 12.8 Å². The van der Waals surface area contributed by atoms with Gasteiger partial charge in [0.15, 0.2) is 11.5 Å². The maximum atomic E-state index is 12.1. The standard InChI is InChI=1S/C21H22N2O3/c1-13-5-3-7-17-16(14(2)23-19(13)17)9-11-22-21(24)26-18-8-4-6-15-10-12-25-20(15)18/h3-8,23H,9-12H2,1-2H3,(H,22,24). The van der Waals surface area contributed by atoms with E-state index in [4.69, 9.17) is 9.47 Å². The van der Waals surface area contributed by atoms with E-state index in [1.165, 1.54) is 22.0 Å². The number of ether oxygens (including phenoxy) is 2. The summed E-state index contributed by atoms with van der Waals surface area (Å²) >= 11 is 0. The average Bonchev–Trinajstić information content (AvgIpc) is 3.22. The normalized spacial score (nSPS) is 12.7. The minimum absolute atomic E-state index is 0.456. The Bertz CT molecular complexity index is 975. The van der Waals surface area contributed by atoms with Crippen LogP contribution < -0.4 is 14.8 Å². The lowest BCUT2D eigenvalue weighted by molar-refractivity contribution is 0.198. The van der Waals surface area contributed by atoms with Gasteiger partial charge in [-0.25, -0.2) is 4.79 Å². The van der Waals surface area contributed by atoms with Crippen molar-refractivity contribution in [3.63, 3.8) is 0 Å². The summed E-state index contributed by atoms with van der Waals surface area (Å²) in [7, 11) is 0. The number of benzene rings is 2. The molecule has 1 aliphatic heterocycles. The first-order chi connectivity index (χ1) is 12.6. The van der Waals surface area contributed by atoms with E-state index < -0.39 is 6.09 Å². The second-order valence-electron chi connectivity index (χ2n) is 6.64. The molecule has 0 unspecified atom stereocenters. The molecule has 0 fully saturated rings. The van der Waals surface area contributed by atoms with Crippen LogP contribution in [0.5, 0.6) is 11.5 Å². The Labute approximate surface area is 152 Å². The third-order valence-corrected chi connectivity index (χ3v) is 4.89. The van der Waals surface area contributed by atoms with E-state index in [0.717, 1.165) is 24.1 Å². The molecule has 2 N–H and O–H groups in total. The van der Waals surface area contributed by atoms with E-state index in [1.807, 2.05) is 12.1 Å². The van der Waals surface area contributed by atoms with Gasteiger partial charge in [0.05, 0.1) is 6.61 Å². The molecular formula is C21H22N2O3. The summed E-state index contributed by atoms with van der Waals surface area (Å²) in [5.74, 6) is 1.17. The molecule has 2 aromatic carbocycles. The molecule has 0 aliphatic carbocycles. The quantitative estimate of drug-likeness (QED) is 0.746. The molecule has 0 bridgehead atoms. The Kier molecular flexibility index (Phi) is 4.29. The van der Waals surface area contributed by atoms with Gasteiger partial charge in [0.1, 0.15) is 0 Å². The van der Waals surface area contributed by atoms with Crippen molar-refractivity contribution in [1.82, 2.24) is 10.3 Å². The zero-order valence-electron chi connectivity index (χ0n) is 15.0. The van der Waals surface area contributed by atoms with Crippen LogP contribution in [0.3, 0.4) is 0 Å². The zero-order valence-corrected chi connectivity index (χ0v) is 15.0. The lowest BCUT2D eigenvalue weighted by atomic mass is 10.1. The predicted molar refractivity (Wildman–Crippen MR) is 101 cm³/mol. The van der Waals surface area contributed by atoms with Crippen LogP contribution in [0.4, 0.5) is 4.79 Å². The van der Waals surface area contributed by atoms with Gasteiger partial charge in [-0.15, -0.1) is 0 Å². The van der Waals surface area contributed by atoms with Crippen LogP contribution in [0.1, 0.15) is 22.4 Å². The molecular weight excluding hydrogens is 328 g/mol. The number of para-hydroxylation sites is 2. The maximum absolute atomic E-state index is 12.1. The second-order valence-corrected chi connectivity index (χ2v) is 6.64. The maximum Gasteiger partial charge on any atom is 0.412 e. The highest BCUT2D eigenvalue weighted by Gasteiger charge is 2.19. The Balaban J connectivity index is 1.40. The summed E-state index contributed by atoms with van der Waals surface area (Å²) in [6.45, 7) is 5.31. The molecule has 1 aromatic heterocycles. The number of aromatic amines is 1. The van der Waals surface area contributed by atoms with Crippen molar-refractivity contribution in [1.29, 1.82) is 0 Å². The van der Waals surface area contributed by atoms with Crippen molar-refractivity contribution in [2.24, 2.45) is 0 Å². The molecule has 2 heterocycles. The number of aromatic nitrogens is 1. The molecule has 5 nitrogen and oxygen atoms in total. The topological polar surface area (TPSA) is 63.4 Å². The van der Waals surface area contributed by atoms with E-state index in [-0.39, 0.29) is 0 Å². The third-order valence-electron chi connectivity index (χ3n) is 4.89. The van der Waals surface area contributed by atoms with Gasteiger partial charge in [-0.2, -0.15) is 0 Å². The summed E-state index contributed by atoms with van der Waals surface area (Å²) in [5, 5.41) is 4.05. The molecule has 0 saturated carbocycles. The van der Waals surface area contributed by atoms with E-state index in [1.54, 1.807) is 6.07 Å². The van der Waals surface area contributed by atoms with Crippen LogP contribution in [-0.4, -0.2) is 24.2 Å². The highest BCUT2D eigenvalue weighted by molar-refractivity contribution is 5.87. The van der Waals surface area contributed by atoms with Crippen molar-refractivity contribution < 1.29 is 14.3 Å². The van der Waals surface area contributed by atoms with Crippen molar-refractivity contribution in [2.45, 2.75) is 26.7 Å². The van der Waals surface area contributed by atoms with Gasteiger partial charge in [0.2, 0.25) is 0 Å². The smallest absolute Gasteiger partial charge is 0.412 e. The predicted octanol–water partition coefficient (Wildman–Crippen LogP) is 4.05. The van der Waals surface area contributed by atoms with Gasteiger partial charge in [-0.1, -0.05) is 30.3 Å². The molecule has 1 amide bonds. The SMILES string of the molecule is Cc1[nH]c2c(C)cccc2c1CCNC(=O)Oc1cccc2c1OCC2. The summed E-state index contributed by atoms with van der Waals surface area (Å²) in [4.78, 5) is 15.6. The first-order valence-corrected chi connectivity index (χ1v) is 8.90. The molecule has 0 atom stereocenters. The number of carbonyl (C=O) groups excluding carboxylic acids is 1. The number of carbonyl (C=O) groups is 1. The first-order valence-electron chi connectivity index (χ1n) is 8.90. The fraction of sp³-hybridized carbons (Fsp3) is 0.286. The summed E-state index contributed by atoms with van der Waals surface area (Å²) in [5.41, 5.74) is 5.84. The van der Waals surface area contributed by atoms with E-state index >= 15 is 0 Å². The van der Waals surface area contributed by atoms with Gasteiger partial charge in [0.25, 0.3) is 0 Å². The van der Waals surface area contributed by atoms with Gasteiger partial charge < -0.3 is 19.8 Å². The number of H-pyrrole nitrogens is 1. The Morgan fingerprint density at radius 2 is 2.08 bits per heavy atom. The van der Waals surface area contributed by atoms with Gasteiger partial charge in [0, 0.05) is 35.1 Å². The van der Waals surface area contributed by atoms with Crippen molar-refractivity contribution >= 4 is 17.0 Å². The van der Waals surface area contributed by atoms with Crippen LogP contribution in [0.25, 0.3) is 10.9 Å². The molecule has 134 valence electrons. The van der Waals surface area contributed by atoms with Crippen molar-refractivity contribution in [2.75, 3.05) is 13.2 Å². The van der Waals surface area contributed by atoms with Crippen LogP contribution in [0, 0.1) is 13.8 Å². The van der Waals surface area contributed by atoms with Crippen molar-refractivity contribution in [3.8, 4) is 11.5 Å². The number of amides is 1. The lowest BCUT2D eigenvalue weighted by Crippen LogP contribution is -2.29. The summed E-state index contributed by atoms with van der Waals surface area (Å²) < 4.78 is 11.0. The second kappa shape index (κ2) is 6.75. The van der Waals surface area contributed by atoms with Gasteiger partial charge in [-0.3, -0.25) is 0 Å². The first kappa shape index (κ1) is 16.5. The highest BCUT2D eigenvalue weighted by atomic mass is 16.6. The van der Waals surface area contributed by atoms with Crippen molar-refractivity contribution in [3.05, 3.63) is 58.8 Å². The van der Waals surface area contributed by atoms with E-state index in [2.05, 4.69) is 42.3 Å². The van der Waals surface area contributed by atoms with Crippen LogP contribution >= 0.6 is 0 Å². The zero-order chi connectivity index (χ0) is 18.1. The number of fused-ring (bicyclic) bond motifs is 2. The number of hydrogen-bond donors (Lipinski definition) is 2. The highest BCUT2D eigenvalue weighted by Crippen LogP contribution is 2.35. The number of rotatable bonds is 4. The van der Waals surface area contributed by atoms with E-state index in [9.17, 15) is 4.79 Å². The minimum Gasteiger partial charge on any atom is -0.489 e. The molecule has 26 heavy (non-hydrogen) atoms. The number of aryl methyl sites for hydroxylation is 2. The molecule has 4 rings (SSSR count). The van der Waals surface area contributed by atoms with E-state index in [0.29, 0.717) is 24.7 Å². The molecule has 1 aliphatic rings. The third kappa shape index (κ3) is 3.01. The molecule has 3 aromatic rings. The molecule has 0 radical (unpaired) electrons. The summed E-state index contributed by atoms with van der Waals surface area (Å²) in [6, 6.07) is 11.9. The fourth-order valence-electron chi connectivity index (χ4n) is 3.56. The Morgan fingerprint density at radius 1 is 1.23 bits per heavy atom. The molecule has 0 saturated heterocycles. The monoisotopic (exact) mass is 350 g/mol. The van der Waals surface area contributed by atoms with Gasteiger partial charge >= 0.3 is 6.09 Å².